The second-order valence-corrected chi connectivity index (χ2v) is 10.9. The van der Waals surface area contributed by atoms with Crippen LogP contribution in [0.5, 0.6) is 0 Å². The quantitative estimate of drug-likeness (QED) is 0.720. The molecule has 4 fully saturated rings. The number of sulfone groups is 1. The molecule has 1 unspecified atom stereocenters. The second-order valence-electron chi connectivity index (χ2n) is 8.91. The molecule has 0 aromatic heterocycles. The maximum absolute atomic E-state index is 13.2. The lowest BCUT2D eigenvalue weighted by Crippen LogP contribution is -2.52. The topological polar surface area (TPSA) is 77.5 Å². The molecule has 0 aliphatic heterocycles. The zero-order valence-electron chi connectivity index (χ0n) is 15.8. The average molecular weight is 391 g/mol. The van der Waals surface area contributed by atoms with Gasteiger partial charge in [-0.3, -0.25) is 4.79 Å². The first-order valence-electron chi connectivity index (χ1n) is 9.72. The van der Waals surface area contributed by atoms with Crippen LogP contribution in [0.25, 0.3) is 0 Å². The summed E-state index contributed by atoms with van der Waals surface area (Å²) in [6.07, 6.45) is 6.83. The Morgan fingerprint density at radius 3 is 2.15 bits per heavy atom. The van der Waals surface area contributed by atoms with Gasteiger partial charge in [-0.2, -0.15) is 0 Å². The molecule has 6 heteroatoms. The van der Waals surface area contributed by atoms with E-state index < -0.39 is 21.9 Å². The second kappa shape index (κ2) is 6.43. The molecule has 0 N–H and O–H groups in total. The summed E-state index contributed by atoms with van der Waals surface area (Å²) >= 11 is 0. The number of esters is 1. The summed E-state index contributed by atoms with van der Waals surface area (Å²) in [6, 6.07) is 5.77. The molecular weight excluding hydrogens is 364 g/mol. The molecule has 0 heterocycles. The molecule has 0 amide bonds. The maximum atomic E-state index is 13.2. The van der Waals surface area contributed by atoms with Crippen LogP contribution in [0.2, 0.25) is 0 Å². The molecule has 4 bridgehead atoms. The van der Waals surface area contributed by atoms with Gasteiger partial charge in [-0.15, -0.1) is 0 Å². The van der Waals surface area contributed by atoms with Crippen molar-refractivity contribution in [1.29, 1.82) is 0 Å². The number of ether oxygens (including phenoxy) is 1. The molecule has 1 atom stereocenters. The fourth-order valence-corrected chi connectivity index (χ4v) is 6.65. The molecule has 1 aromatic carbocycles. The fourth-order valence-electron chi connectivity index (χ4n) is 5.98. The van der Waals surface area contributed by atoms with Crippen molar-refractivity contribution in [3.05, 3.63) is 29.8 Å². The van der Waals surface area contributed by atoms with Crippen LogP contribution >= 0.6 is 0 Å². The fraction of sp³-hybridized carbons (Fsp3) is 0.619. The lowest BCUT2D eigenvalue weighted by Gasteiger charge is -2.56. The number of carbonyl (C=O) groups is 2. The van der Waals surface area contributed by atoms with Crippen LogP contribution < -0.4 is 0 Å². The lowest BCUT2D eigenvalue weighted by atomic mass is 9.48. The molecule has 0 radical (unpaired) electrons. The van der Waals surface area contributed by atoms with E-state index in [4.69, 9.17) is 4.74 Å². The van der Waals surface area contributed by atoms with E-state index in [0.29, 0.717) is 17.8 Å². The van der Waals surface area contributed by atoms with Crippen LogP contribution in [-0.2, 0) is 19.4 Å². The van der Waals surface area contributed by atoms with Gasteiger partial charge in [0.15, 0.2) is 21.7 Å². The van der Waals surface area contributed by atoms with Crippen LogP contribution in [0.1, 0.15) is 55.8 Å². The van der Waals surface area contributed by atoms with Gasteiger partial charge in [0.25, 0.3) is 0 Å². The van der Waals surface area contributed by atoms with Gasteiger partial charge in [-0.25, -0.2) is 13.2 Å². The van der Waals surface area contributed by atoms with E-state index in [2.05, 4.69) is 0 Å². The number of hydrogen-bond acceptors (Lipinski definition) is 5. The molecule has 0 spiro atoms. The molecule has 5 rings (SSSR count). The van der Waals surface area contributed by atoms with E-state index in [9.17, 15) is 18.0 Å². The van der Waals surface area contributed by atoms with E-state index in [1.165, 1.54) is 43.5 Å². The summed E-state index contributed by atoms with van der Waals surface area (Å²) in [7, 11) is -3.41. The Kier molecular flexibility index (Phi) is 4.45. The molecule has 4 aliphatic rings. The maximum Gasteiger partial charge on any atom is 0.338 e. The zero-order chi connectivity index (χ0) is 19.4. The Labute approximate surface area is 160 Å². The van der Waals surface area contributed by atoms with Crippen LogP contribution in [0.3, 0.4) is 0 Å². The summed E-state index contributed by atoms with van der Waals surface area (Å²) in [6.45, 7) is 1.65. The van der Waals surface area contributed by atoms with E-state index >= 15 is 0 Å². The van der Waals surface area contributed by atoms with Crippen molar-refractivity contribution < 1.29 is 22.7 Å². The van der Waals surface area contributed by atoms with E-state index in [-0.39, 0.29) is 21.7 Å². The molecule has 0 saturated heterocycles. The van der Waals surface area contributed by atoms with Gasteiger partial charge in [0.1, 0.15) is 0 Å². The summed E-state index contributed by atoms with van der Waals surface area (Å²) in [5, 5.41) is 0. The SMILES string of the molecule is CC(OC(=O)c1cccc(S(C)(=O)=O)c1)C(=O)C12CC3CC(CC(C3)C1)C2. The first-order valence-corrected chi connectivity index (χ1v) is 11.6. The van der Waals surface area contributed by atoms with Gasteiger partial charge in [-0.05, 0) is 81.4 Å². The molecule has 27 heavy (non-hydrogen) atoms. The van der Waals surface area contributed by atoms with Crippen molar-refractivity contribution in [2.24, 2.45) is 23.2 Å². The van der Waals surface area contributed by atoms with Gasteiger partial charge < -0.3 is 4.74 Å². The molecule has 1 aromatic rings. The minimum atomic E-state index is -3.41. The predicted octanol–water partition coefficient (Wildman–Crippen LogP) is 3.42. The highest BCUT2D eigenvalue weighted by molar-refractivity contribution is 7.90. The van der Waals surface area contributed by atoms with Gasteiger partial charge in [0.05, 0.1) is 10.5 Å². The normalized spacial score (nSPS) is 32.9. The Balaban J connectivity index is 1.48. The van der Waals surface area contributed by atoms with Crippen LogP contribution in [0.15, 0.2) is 29.2 Å². The molecule has 146 valence electrons. The number of hydrogen-bond donors (Lipinski definition) is 0. The highest BCUT2D eigenvalue weighted by atomic mass is 32.2. The Morgan fingerprint density at radius 1 is 1.07 bits per heavy atom. The van der Waals surface area contributed by atoms with Crippen LogP contribution in [0.4, 0.5) is 0 Å². The Morgan fingerprint density at radius 2 is 1.63 bits per heavy atom. The number of ketones is 1. The lowest BCUT2D eigenvalue weighted by molar-refractivity contribution is -0.152. The van der Waals surface area contributed by atoms with Crippen molar-refractivity contribution in [1.82, 2.24) is 0 Å². The van der Waals surface area contributed by atoms with Crippen LogP contribution in [-0.4, -0.2) is 32.5 Å². The zero-order valence-corrected chi connectivity index (χ0v) is 16.6. The van der Waals surface area contributed by atoms with Crippen molar-refractivity contribution in [2.45, 2.75) is 56.4 Å². The average Bonchev–Trinajstić information content (AvgIpc) is 2.59. The highest BCUT2D eigenvalue weighted by Crippen LogP contribution is 2.60. The summed E-state index contributed by atoms with van der Waals surface area (Å²) < 4.78 is 28.9. The third-order valence-corrected chi connectivity index (χ3v) is 7.82. The first kappa shape index (κ1) is 18.7. The van der Waals surface area contributed by atoms with Crippen LogP contribution in [0, 0.1) is 23.2 Å². The molecule has 4 saturated carbocycles. The third kappa shape index (κ3) is 3.44. The number of benzene rings is 1. The number of carbonyl (C=O) groups excluding carboxylic acids is 2. The molecule has 4 aliphatic carbocycles. The summed E-state index contributed by atoms with van der Waals surface area (Å²) in [4.78, 5) is 25.8. The van der Waals surface area contributed by atoms with Gasteiger partial charge in [0.2, 0.25) is 0 Å². The molecule has 5 nitrogen and oxygen atoms in total. The summed E-state index contributed by atoms with van der Waals surface area (Å²) in [5.74, 6) is 1.35. The van der Waals surface area contributed by atoms with Gasteiger partial charge in [-0.1, -0.05) is 6.07 Å². The van der Waals surface area contributed by atoms with Gasteiger partial charge in [0, 0.05) is 11.7 Å². The first-order chi connectivity index (χ1) is 12.7. The predicted molar refractivity (Wildman–Crippen MR) is 100 cm³/mol. The van der Waals surface area contributed by atoms with E-state index in [1.54, 1.807) is 6.92 Å². The standard InChI is InChI=1S/C21H26O5S/c1-13(26-20(23)17-4-3-5-18(9-17)27(2,24)25)19(22)21-10-14-6-15(11-21)8-16(7-14)12-21/h3-5,9,13-16H,6-8,10-12H2,1-2H3. The van der Waals surface area contributed by atoms with E-state index in [1.807, 2.05) is 0 Å². The Hall–Kier alpha value is -1.69. The number of rotatable bonds is 5. The van der Waals surface area contributed by atoms with Gasteiger partial charge >= 0.3 is 5.97 Å². The van der Waals surface area contributed by atoms with Crippen molar-refractivity contribution in [3.8, 4) is 0 Å². The number of Topliss-reactive ketones (excluding diaryl/α,β-unsaturated/α-hetero) is 1. The largest absolute Gasteiger partial charge is 0.451 e. The third-order valence-electron chi connectivity index (χ3n) is 6.71. The van der Waals surface area contributed by atoms with Crippen molar-refractivity contribution in [2.75, 3.05) is 6.26 Å². The highest BCUT2D eigenvalue weighted by Gasteiger charge is 2.55. The minimum Gasteiger partial charge on any atom is -0.451 e. The van der Waals surface area contributed by atoms with E-state index in [0.717, 1.165) is 25.5 Å². The van der Waals surface area contributed by atoms with Crippen molar-refractivity contribution >= 4 is 21.6 Å². The smallest absolute Gasteiger partial charge is 0.338 e. The summed E-state index contributed by atoms with van der Waals surface area (Å²) in [5.41, 5.74) is -0.161. The minimum absolute atomic E-state index is 0.0502. The van der Waals surface area contributed by atoms with Crippen molar-refractivity contribution in [3.63, 3.8) is 0 Å². The monoisotopic (exact) mass is 390 g/mol. The Bertz CT molecular complexity index is 850. The molecular formula is C21H26O5S.